The summed E-state index contributed by atoms with van der Waals surface area (Å²) in [5, 5.41) is 0.0191. The van der Waals surface area contributed by atoms with E-state index in [0.717, 1.165) is 12.0 Å². The van der Waals surface area contributed by atoms with E-state index in [9.17, 15) is 4.79 Å². The highest BCUT2D eigenvalue weighted by Crippen LogP contribution is 2.23. The summed E-state index contributed by atoms with van der Waals surface area (Å²) in [5.41, 5.74) is 5.39. The number of nitrogens with two attached hydrogens (primary N) is 1. The van der Waals surface area contributed by atoms with Crippen LogP contribution in [0.4, 0.5) is 5.82 Å². The van der Waals surface area contributed by atoms with Gasteiger partial charge in [0.15, 0.2) is 17.3 Å². The summed E-state index contributed by atoms with van der Waals surface area (Å²) in [6.45, 7) is 0. The molecule has 0 bridgehead atoms. The second-order valence-corrected chi connectivity index (χ2v) is 2.82. The van der Waals surface area contributed by atoms with Crippen molar-refractivity contribution in [2.24, 2.45) is 0 Å². The number of halogens is 1. The highest BCUT2D eigenvalue weighted by Gasteiger charge is 2.10. The Morgan fingerprint density at radius 3 is 2.85 bits per heavy atom. The zero-order valence-electron chi connectivity index (χ0n) is 6.65. The van der Waals surface area contributed by atoms with Gasteiger partial charge in [-0.05, 0) is 0 Å². The standard InChI is InChI=1S/C6H6ClN3O2S/c1-13-12-6-4(7)9-3(2-11)5(8)10-6/h2H,1H3,(H2,8,10). The van der Waals surface area contributed by atoms with Crippen LogP contribution in [0, 0.1) is 0 Å². The molecule has 0 aromatic carbocycles. The first-order chi connectivity index (χ1) is 6.19. The number of rotatable bonds is 3. The summed E-state index contributed by atoms with van der Waals surface area (Å²) in [4.78, 5) is 17.8. The van der Waals surface area contributed by atoms with Gasteiger partial charge in [0.1, 0.15) is 5.69 Å². The van der Waals surface area contributed by atoms with E-state index in [0.29, 0.717) is 6.29 Å². The molecule has 0 amide bonds. The number of carbonyl (C=O) groups is 1. The lowest BCUT2D eigenvalue weighted by molar-refractivity contribution is 0.111. The highest BCUT2D eigenvalue weighted by molar-refractivity contribution is 7.94. The molecule has 0 aliphatic rings. The average molecular weight is 220 g/mol. The van der Waals surface area contributed by atoms with E-state index in [1.54, 1.807) is 6.26 Å². The van der Waals surface area contributed by atoms with Crippen LogP contribution in [0.3, 0.4) is 0 Å². The Kier molecular flexibility index (Phi) is 3.32. The molecule has 5 nitrogen and oxygen atoms in total. The maximum absolute atomic E-state index is 10.4. The topological polar surface area (TPSA) is 78.1 Å². The van der Waals surface area contributed by atoms with Gasteiger partial charge in [-0.1, -0.05) is 11.6 Å². The summed E-state index contributed by atoms with van der Waals surface area (Å²) in [7, 11) is 0. The number of nitrogen functional groups attached to an aromatic ring is 1. The molecular formula is C6H6ClN3O2S. The molecule has 0 unspecified atom stereocenters. The Morgan fingerprint density at radius 2 is 2.31 bits per heavy atom. The number of nitrogens with zero attached hydrogens (tertiary/aromatic N) is 2. The smallest absolute Gasteiger partial charge is 0.267 e. The van der Waals surface area contributed by atoms with Crippen molar-refractivity contribution in [3.05, 3.63) is 10.8 Å². The van der Waals surface area contributed by atoms with Gasteiger partial charge in [0.25, 0.3) is 5.88 Å². The van der Waals surface area contributed by atoms with Gasteiger partial charge >= 0.3 is 0 Å². The minimum absolute atomic E-state index is 0.00319. The molecular weight excluding hydrogens is 214 g/mol. The van der Waals surface area contributed by atoms with Gasteiger partial charge in [0.2, 0.25) is 0 Å². The van der Waals surface area contributed by atoms with Gasteiger partial charge < -0.3 is 9.92 Å². The zero-order chi connectivity index (χ0) is 9.84. The van der Waals surface area contributed by atoms with Crippen LogP contribution in [0.25, 0.3) is 0 Å². The van der Waals surface area contributed by atoms with Crippen LogP contribution < -0.4 is 9.92 Å². The number of aromatic nitrogens is 2. The highest BCUT2D eigenvalue weighted by atomic mass is 35.5. The Hall–Kier alpha value is -1.01. The summed E-state index contributed by atoms with van der Waals surface area (Å²) >= 11 is 6.69. The van der Waals surface area contributed by atoms with Gasteiger partial charge in [-0.3, -0.25) is 4.79 Å². The maximum atomic E-state index is 10.4. The lowest BCUT2D eigenvalue weighted by Gasteiger charge is -2.03. The fraction of sp³-hybridized carbons (Fsp3) is 0.167. The molecule has 0 fully saturated rings. The van der Waals surface area contributed by atoms with E-state index in [1.165, 1.54) is 0 Å². The minimum atomic E-state index is 0.00319. The molecule has 13 heavy (non-hydrogen) atoms. The number of aldehydes is 1. The van der Waals surface area contributed by atoms with Crippen LogP contribution >= 0.6 is 23.6 Å². The van der Waals surface area contributed by atoms with E-state index >= 15 is 0 Å². The summed E-state index contributed by atoms with van der Waals surface area (Å²) in [5.74, 6) is 0.112. The van der Waals surface area contributed by atoms with Crippen LogP contribution in [-0.2, 0) is 0 Å². The molecule has 0 spiro atoms. The summed E-state index contributed by atoms with van der Waals surface area (Å²) in [6, 6.07) is 0. The first-order valence-electron chi connectivity index (χ1n) is 3.18. The zero-order valence-corrected chi connectivity index (χ0v) is 8.22. The van der Waals surface area contributed by atoms with Crippen molar-refractivity contribution in [2.45, 2.75) is 0 Å². The van der Waals surface area contributed by atoms with E-state index in [2.05, 4.69) is 9.97 Å². The monoisotopic (exact) mass is 219 g/mol. The largest absolute Gasteiger partial charge is 0.403 e. The van der Waals surface area contributed by atoms with Crippen molar-refractivity contribution in [3.63, 3.8) is 0 Å². The van der Waals surface area contributed by atoms with Crippen LogP contribution in [0.2, 0.25) is 5.15 Å². The molecule has 1 aromatic heterocycles. The SMILES string of the molecule is CSOc1nc(N)c(C=O)nc1Cl. The molecule has 0 saturated carbocycles. The van der Waals surface area contributed by atoms with Crippen molar-refractivity contribution >= 4 is 35.7 Å². The molecule has 70 valence electrons. The Bertz CT molecular complexity index is 334. The van der Waals surface area contributed by atoms with E-state index in [4.69, 9.17) is 21.5 Å². The number of anilines is 1. The lowest BCUT2D eigenvalue weighted by atomic mass is 10.4. The lowest BCUT2D eigenvalue weighted by Crippen LogP contribution is -2.02. The quantitative estimate of drug-likeness (QED) is 0.608. The van der Waals surface area contributed by atoms with Crippen molar-refractivity contribution < 1.29 is 8.98 Å². The molecule has 1 aromatic rings. The fourth-order valence-electron chi connectivity index (χ4n) is 0.642. The molecule has 2 N–H and O–H groups in total. The van der Waals surface area contributed by atoms with Crippen LogP contribution in [0.1, 0.15) is 10.5 Å². The van der Waals surface area contributed by atoms with Crippen molar-refractivity contribution in [2.75, 3.05) is 12.0 Å². The summed E-state index contributed by atoms with van der Waals surface area (Å²) in [6.07, 6.45) is 2.18. The van der Waals surface area contributed by atoms with Gasteiger partial charge in [0.05, 0.1) is 12.0 Å². The summed E-state index contributed by atoms with van der Waals surface area (Å²) < 4.78 is 4.93. The van der Waals surface area contributed by atoms with E-state index in [-0.39, 0.29) is 22.5 Å². The third-order valence-corrected chi connectivity index (χ3v) is 1.72. The van der Waals surface area contributed by atoms with Crippen LogP contribution in [-0.4, -0.2) is 22.5 Å². The maximum Gasteiger partial charge on any atom is 0.267 e. The van der Waals surface area contributed by atoms with Gasteiger partial charge in [-0.15, -0.1) is 0 Å². The van der Waals surface area contributed by atoms with Crippen molar-refractivity contribution in [3.8, 4) is 5.88 Å². The molecule has 0 aliphatic heterocycles. The van der Waals surface area contributed by atoms with Gasteiger partial charge in [-0.2, -0.15) is 4.98 Å². The molecule has 7 heteroatoms. The Balaban J connectivity index is 3.12. The Morgan fingerprint density at radius 1 is 1.62 bits per heavy atom. The number of hydrogen-bond donors (Lipinski definition) is 1. The third kappa shape index (κ3) is 2.22. The second-order valence-electron chi connectivity index (χ2n) is 1.96. The third-order valence-electron chi connectivity index (χ3n) is 1.15. The normalized spacial score (nSPS) is 9.69. The molecule has 0 atom stereocenters. The van der Waals surface area contributed by atoms with Crippen molar-refractivity contribution in [1.29, 1.82) is 0 Å². The Labute approximate surface area is 83.9 Å². The predicted octanol–water partition coefficient (Wildman–Crippen LogP) is 1.18. The van der Waals surface area contributed by atoms with Crippen LogP contribution in [0.5, 0.6) is 5.88 Å². The molecule has 0 radical (unpaired) electrons. The average Bonchev–Trinajstić information content (AvgIpc) is 2.11. The van der Waals surface area contributed by atoms with Gasteiger partial charge in [-0.25, -0.2) is 4.98 Å². The van der Waals surface area contributed by atoms with Crippen molar-refractivity contribution in [1.82, 2.24) is 9.97 Å². The number of carbonyl (C=O) groups excluding carboxylic acids is 1. The van der Waals surface area contributed by atoms with Crippen LogP contribution in [0.15, 0.2) is 0 Å². The fourth-order valence-corrected chi connectivity index (χ4v) is 1.13. The number of hydrogen-bond acceptors (Lipinski definition) is 6. The minimum Gasteiger partial charge on any atom is -0.403 e. The van der Waals surface area contributed by atoms with E-state index < -0.39 is 0 Å². The predicted molar refractivity (Wildman–Crippen MR) is 51.0 cm³/mol. The molecule has 0 aliphatic carbocycles. The second kappa shape index (κ2) is 4.29. The van der Waals surface area contributed by atoms with E-state index in [1.807, 2.05) is 0 Å². The first-order valence-corrected chi connectivity index (χ1v) is 4.70. The molecule has 1 rings (SSSR count). The van der Waals surface area contributed by atoms with Gasteiger partial charge in [0, 0.05) is 6.26 Å². The first kappa shape index (κ1) is 10.1. The molecule has 1 heterocycles. The molecule has 0 saturated heterocycles.